The number of nitrogens with one attached hydrogen (secondary N) is 2. The Kier molecular flexibility index (Phi) is 6.09. The van der Waals surface area contributed by atoms with Gasteiger partial charge in [-0.15, -0.1) is 0 Å². The molecule has 3 aliphatic rings. The first-order valence-electron chi connectivity index (χ1n) is 12.2. The summed E-state index contributed by atoms with van der Waals surface area (Å²) in [7, 11) is 0. The van der Waals surface area contributed by atoms with Crippen LogP contribution in [0.2, 0.25) is 0 Å². The summed E-state index contributed by atoms with van der Waals surface area (Å²) >= 11 is 0. The molecule has 0 saturated heterocycles. The molecule has 0 radical (unpaired) electrons. The lowest BCUT2D eigenvalue weighted by Crippen LogP contribution is -2.60. The number of hydrogen-bond acceptors (Lipinski definition) is 4. The van der Waals surface area contributed by atoms with E-state index in [0.717, 1.165) is 35.1 Å². The molecule has 3 aliphatic carbocycles. The summed E-state index contributed by atoms with van der Waals surface area (Å²) in [5.41, 5.74) is 3.44. The van der Waals surface area contributed by atoms with Gasteiger partial charge in [0, 0.05) is 12.0 Å². The Labute approximate surface area is 204 Å². The van der Waals surface area contributed by atoms with Gasteiger partial charge < -0.3 is 20.5 Å². The highest BCUT2D eigenvalue weighted by Crippen LogP contribution is 2.44. The van der Waals surface area contributed by atoms with Gasteiger partial charge in [-0.3, -0.25) is 9.59 Å². The van der Waals surface area contributed by atoms with Crippen LogP contribution in [0.3, 0.4) is 0 Å². The number of fused-ring (bicyclic) bond motifs is 3. The number of aliphatic carboxylic acids is 1. The zero-order valence-corrected chi connectivity index (χ0v) is 19.7. The lowest BCUT2D eigenvalue weighted by molar-refractivity contribution is -0.142. The first-order chi connectivity index (χ1) is 16.9. The molecule has 7 nitrogen and oxygen atoms in total. The highest BCUT2D eigenvalue weighted by Gasteiger charge is 2.49. The van der Waals surface area contributed by atoms with Crippen molar-refractivity contribution in [2.75, 3.05) is 6.61 Å². The Morgan fingerprint density at radius 2 is 1.66 bits per heavy atom. The van der Waals surface area contributed by atoms with Crippen molar-refractivity contribution in [3.05, 3.63) is 71.8 Å². The van der Waals surface area contributed by atoms with Gasteiger partial charge >= 0.3 is 12.1 Å². The predicted molar refractivity (Wildman–Crippen MR) is 131 cm³/mol. The average molecular weight is 475 g/mol. The van der Waals surface area contributed by atoms with Crippen LogP contribution in [-0.2, 0) is 14.3 Å². The van der Waals surface area contributed by atoms with E-state index in [1.165, 1.54) is 0 Å². The van der Waals surface area contributed by atoms with Gasteiger partial charge in [-0.2, -0.15) is 0 Å². The van der Waals surface area contributed by atoms with Gasteiger partial charge in [0.1, 0.15) is 12.1 Å². The first-order valence-corrected chi connectivity index (χ1v) is 12.2. The first kappa shape index (κ1) is 23.1. The number of carbonyl (C=O) groups is 3. The van der Waals surface area contributed by atoms with Crippen molar-refractivity contribution in [2.24, 2.45) is 11.8 Å². The molecule has 35 heavy (non-hydrogen) atoms. The largest absolute Gasteiger partial charge is 0.481 e. The number of rotatable bonds is 7. The summed E-state index contributed by atoms with van der Waals surface area (Å²) < 4.78 is 5.68. The number of ether oxygens (including phenoxy) is 1. The molecule has 3 N–H and O–H groups in total. The smallest absolute Gasteiger partial charge is 0.408 e. The monoisotopic (exact) mass is 474 g/mol. The van der Waals surface area contributed by atoms with E-state index in [2.05, 4.69) is 34.9 Å². The number of alkyl carbamates (subject to hydrolysis) is 1. The Morgan fingerprint density at radius 3 is 2.26 bits per heavy atom. The van der Waals surface area contributed by atoms with Crippen molar-refractivity contribution < 1.29 is 24.2 Å². The fraction of sp³-hybridized carbons (Fsp3) is 0.393. The molecule has 0 bridgehead atoms. The molecule has 3 atom stereocenters. The van der Waals surface area contributed by atoms with Crippen LogP contribution in [0.1, 0.15) is 49.7 Å². The maximum Gasteiger partial charge on any atom is 0.408 e. The van der Waals surface area contributed by atoms with Crippen molar-refractivity contribution in [1.29, 1.82) is 0 Å². The molecule has 1 fully saturated rings. The molecule has 1 saturated carbocycles. The molecule has 2 amide bonds. The van der Waals surface area contributed by atoms with Gasteiger partial charge in [0.05, 0.1) is 5.92 Å². The van der Waals surface area contributed by atoms with Crippen molar-refractivity contribution >= 4 is 18.0 Å². The maximum atomic E-state index is 13.3. The third-order valence-corrected chi connectivity index (χ3v) is 7.56. The quantitative estimate of drug-likeness (QED) is 0.521. The lowest BCUT2D eigenvalue weighted by Gasteiger charge is -2.32. The molecule has 7 heteroatoms. The van der Waals surface area contributed by atoms with Crippen molar-refractivity contribution in [2.45, 2.75) is 50.1 Å². The van der Waals surface area contributed by atoms with E-state index in [4.69, 9.17) is 4.74 Å². The van der Waals surface area contributed by atoms with Crippen LogP contribution in [0.15, 0.2) is 60.7 Å². The van der Waals surface area contributed by atoms with Crippen LogP contribution in [0, 0.1) is 11.8 Å². The minimum absolute atomic E-state index is 0.0193. The van der Waals surface area contributed by atoms with E-state index in [1.807, 2.05) is 30.3 Å². The van der Waals surface area contributed by atoms with E-state index < -0.39 is 23.5 Å². The van der Waals surface area contributed by atoms with Crippen LogP contribution in [-0.4, -0.2) is 41.3 Å². The van der Waals surface area contributed by atoms with E-state index in [-0.39, 0.29) is 30.4 Å². The number of amides is 2. The van der Waals surface area contributed by atoms with Gasteiger partial charge in [-0.05, 0) is 60.8 Å². The highest BCUT2D eigenvalue weighted by molar-refractivity contribution is 5.91. The summed E-state index contributed by atoms with van der Waals surface area (Å²) in [6.45, 7) is 1.90. The lowest BCUT2D eigenvalue weighted by atomic mass is 9.89. The van der Waals surface area contributed by atoms with E-state index in [1.54, 1.807) is 13.0 Å². The normalized spacial score (nSPS) is 22.4. The molecule has 0 aromatic heterocycles. The zero-order valence-electron chi connectivity index (χ0n) is 19.7. The third-order valence-electron chi connectivity index (χ3n) is 7.56. The molecule has 0 heterocycles. The Morgan fingerprint density at radius 1 is 1.03 bits per heavy atom. The highest BCUT2D eigenvalue weighted by atomic mass is 16.5. The Hall–Kier alpha value is -3.61. The summed E-state index contributed by atoms with van der Waals surface area (Å²) in [4.78, 5) is 37.5. The minimum Gasteiger partial charge on any atom is -0.481 e. The summed E-state index contributed by atoms with van der Waals surface area (Å²) in [5.74, 6) is -1.74. The van der Waals surface area contributed by atoms with Crippen molar-refractivity contribution in [1.82, 2.24) is 10.6 Å². The molecule has 182 valence electrons. The van der Waals surface area contributed by atoms with Gasteiger partial charge in [-0.1, -0.05) is 60.7 Å². The van der Waals surface area contributed by atoms with Crippen LogP contribution in [0.25, 0.3) is 11.1 Å². The molecule has 2 aromatic rings. The second kappa shape index (κ2) is 9.21. The standard InChI is InChI=1S/C28H30N2O5/c1-28(18-13-14-18,26(33)29-19-8-6-7-17(15-19)25(31)32)30-27(34)35-16-24-22-11-4-2-9-20(22)21-10-3-5-12-23(21)24/h2-6,8-12,17-19,24H,7,13-16H2,1H3,(H,29,33)(H,30,34)(H,31,32)/t17-,19-,28?/m0/s1. The topological polar surface area (TPSA) is 105 Å². The number of carboxylic acid groups (broad SMARTS) is 1. The molecular weight excluding hydrogens is 444 g/mol. The summed E-state index contributed by atoms with van der Waals surface area (Å²) in [5, 5.41) is 15.1. The molecular formula is C28H30N2O5. The second-order valence-corrected chi connectivity index (χ2v) is 9.94. The average Bonchev–Trinajstić information content (AvgIpc) is 3.67. The molecule has 0 aliphatic heterocycles. The zero-order chi connectivity index (χ0) is 24.6. The fourth-order valence-corrected chi connectivity index (χ4v) is 5.37. The fourth-order valence-electron chi connectivity index (χ4n) is 5.37. The van der Waals surface area contributed by atoms with Crippen LogP contribution in [0.5, 0.6) is 0 Å². The predicted octanol–water partition coefficient (Wildman–Crippen LogP) is 4.23. The number of carboxylic acids is 1. The van der Waals surface area contributed by atoms with Crippen LogP contribution < -0.4 is 10.6 Å². The molecule has 2 aromatic carbocycles. The van der Waals surface area contributed by atoms with Gasteiger partial charge in [-0.25, -0.2) is 4.79 Å². The van der Waals surface area contributed by atoms with Crippen molar-refractivity contribution in [3.63, 3.8) is 0 Å². The Bertz CT molecular complexity index is 1140. The molecule has 0 spiro atoms. The molecule has 5 rings (SSSR count). The molecule has 1 unspecified atom stereocenters. The summed E-state index contributed by atoms with van der Waals surface area (Å²) in [6.07, 6.45) is 5.47. The van der Waals surface area contributed by atoms with Crippen LogP contribution >= 0.6 is 0 Å². The van der Waals surface area contributed by atoms with Gasteiger partial charge in [0.15, 0.2) is 0 Å². The third kappa shape index (κ3) is 4.55. The van der Waals surface area contributed by atoms with E-state index in [0.29, 0.717) is 12.8 Å². The van der Waals surface area contributed by atoms with E-state index >= 15 is 0 Å². The number of allylic oxidation sites excluding steroid dienone is 1. The van der Waals surface area contributed by atoms with Crippen LogP contribution in [0.4, 0.5) is 4.79 Å². The maximum absolute atomic E-state index is 13.3. The van der Waals surface area contributed by atoms with Crippen molar-refractivity contribution in [3.8, 4) is 11.1 Å². The Balaban J connectivity index is 1.24. The summed E-state index contributed by atoms with van der Waals surface area (Å²) in [6, 6.07) is 15.9. The SMILES string of the molecule is CC(NC(=O)OCC1c2ccccc2-c2ccccc21)(C(=O)N[C@H]1C=CC[C@H](C(=O)O)C1)C1CC1. The number of benzene rings is 2. The van der Waals surface area contributed by atoms with E-state index in [9.17, 15) is 19.5 Å². The second-order valence-electron chi connectivity index (χ2n) is 9.94. The minimum atomic E-state index is -1.12. The van der Waals surface area contributed by atoms with Gasteiger partial charge in [0.25, 0.3) is 0 Å². The number of carbonyl (C=O) groups excluding carboxylic acids is 2. The van der Waals surface area contributed by atoms with Gasteiger partial charge in [0.2, 0.25) is 5.91 Å². The number of hydrogen-bond donors (Lipinski definition) is 3.